The highest BCUT2D eigenvalue weighted by Gasteiger charge is 2.31. The summed E-state index contributed by atoms with van der Waals surface area (Å²) in [5.41, 5.74) is 2.32. The van der Waals surface area contributed by atoms with Gasteiger partial charge < -0.3 is 15.5 Å². The zero-order valence-corrected chi connectivity index (χ0v) is 13.3. The average molecular weight is 327 g/mol. The SMILES string of the molecule is Cc1ccccc1NC(=O)N[C@H]1CC(=O)N(c2ccc(F)cc2)C1. The number of nitrogens with one attached hydrogen (secondary N) is 2. The number of nitrogens with zero attached hydrogens (tertiary/aromatic N) is 1. The van der Waals surface area contributed by atoms with Gasteiger partial charge in [-0.05, 0) is 42.8 Å². The molecular formula is C18H18FN3O2. The fourth-order valence-electron chi connectivity index (χ4n) is 2.73. The van der Waals surface area contributed by atoms with Crippen molar-refractivity contribution in [3.05, 3.63) is 59.9 Å². The van der Waals surface area contributed by atoms with Crippen LogP contribution >= 0.6 is 0 Å². The number of hydrogen-bond donors (Lipinski definition) is 2. The number of carbonyl (C=O) groups is 2. The fraction of sp³-hybridized carbons (Fsp3) is 0.222. The predicted octanol–water partition coefficient (Wildman–Crippen LogP) is 3.06. The van der Waals surface area contributed by atoms with Gasteiger partial charge in [0.2, 0.25) is 5.91 Å². The van der Waals surface area contributed by atoms with E-state index in [1.54, 1.807) is 17.0 Å². The van der Waals surface area contributed by atoms with Gasteiger partial charge in [-0.1, -0.05) is 18.2 Å². The van der Waals surface area contributed by atoms with Crippen molar-refractivity contribution in [2.75, 3.05) is 16.8 Å². The molecule has 1 aliphatic heterocycles. The molecule has 0 bridgehead atoms. The molecule has 3 amide bonds. The van der Waals surface area contributed by atoms with Gasteiger partial charge in [-0.3, -0.25) is 4.79 Å². The fourth-order valence-corrected chi connectivity index (χ4v) is 2.73. The molecule has 0 aromatic heterocycles. The standard InChI is InChI=1S/C18H18FN3O2/c1-12-4-2-3-5-16(12)21-18(24)20-14-10-17(23)22(11-14)15-8-6-13(19)7-9-15/h2-9,14H,10-11H2,1H3,(H2,20,21,24)/t14-/m0/s1. The van der Waals surface area contributed by atoms with Crippen molar-refractivity contribution in [2.24, 2.45) is 0 Å². The van der Waals surface area contributed by atoms with Crippen molar-refractivity contribution in [3.8, 4) is 0 Å². The van der Waals surface area contributed by atoms with Gasteiger partial charge in [-0.2, -0.15) is 0 Å². The first-order chi connectivity index (χ1) is 11.5. The normalized spacial score (nSPS) is 17.0. The van der Waals surface area contributed by atoms with Crippen LogP contribution in [0.4, 0.5) is 20.6 Å². The Kier molecular flexibility index (Phi) is 4.46. The van der Waals surface area contributed by atoms with Crippen molar-refractivity contribution < 1.29 is 14.0 Å². The van der Waals surface area contributed by atoms with E-state index in [0.717, 1.165) is 11.3 Å². The Hall–Kier alpha value is -2.89. The van der Waals surface area contributed by atoms with Crippen LogP contribution < -0.4 is 15.5 Å². The highest BCUT2D eigenvalue weighted by Crippen LogP contribution is 2.22. The smallest absolute Gasteiger partial charge is 0.319 e. The molecule has 1 saturated heterocycles. The number of amides is 3. The Balaban J connectivity index is 1.61. The third-order valence-corrected chi connectivity index (χ3v) is 3.99. The molecule has 0 radical (unpaired) electrons. The maximum atomic E-state index is 13.0. The molecule has 0 unspecified atom stereocenters. The summed E-state index contributed by atoms with van der Waals surface area (Å²) in [6.07, 6.45) is 0.221. The van der Waals surface area contributed by atoms with Crippen LogP contribution in [0.2, 0.25) is 0 Å². The van der Waals surface area contributed by atoms with Crippen LogP contribution in [-0.2, 0) is 4.79 Å². The molecule has 24 heavy (non-hydrogen) atoms. The molecule has 3 rings (SSSR count). The van der Waals surface area contributed by atoms with E-state index in [-0.39, 0.29) is 30.2 Å². The Bertz CT molecular complexity index is 761. The molecule has 1 fully saturated rings. The molecule has 2 aromatic carbocycles. The zero-order chi connectivity index (χ0) is 17.1. The summed E-state index contributed by atoms with van der Waals surface area (Å²) < 4.78 is 13.0. The lowest BCUT2D eigenvalue weighted by molar-refractivity contribution is -0.117. The predicted molar refractivity (Wildman–Crippen MR) is 90.5 cm³/mol. The number of rotatable bonds is 3. The lowest BCUT2D eigenvalue weighted by atomic mass is 10.2. The van der Waals surface area contributed by atoms with E-state index >= 15 is 0 Å². The maximum absolute atomic E-state index is 13.0. The van der Waals surface area contributed by atoms with Crippen LogP contribution in [0.1, 0.15) is 12.0 Å². The Labute approximate surface area is 139 Å². The Morgan fingerprint density at radius 2 is 1.88 bits per heavy atom. The van der Waals surface area contributed by atoms with Gasteiger partial charge in [-0.25, -0.2) is 9.18 Å². The second-order valence-corrected chi connectivity index (χ2v) is 5.80. The van der Waals surface area contributed by atoms with E-state index in [9.17, 15) is 14.0 Å². The van der Waals surface area contributed by atoms with Gasteiger partial charge in [-0.15, -0.1) is 0 Å². The lowest BCUT2D eigenvalue weighted by Crippen LogP contribution is -2.39. The molecule has 0 aliphatic carbocycles. The molecule has 2 aromatic rings. The van der Waals surface area contributed by atoms with Gasteiger partial charge in [0, 0.05) is 24.3 Å². The van der Waals surface area contributed by atoms with Crippen molar-refractivity contribution in [3.63, 3.8) is 0 Å². The van der Waals surface area contributed by atoms with Crippen LogP contribution in [0.3, 0.4) is 0 Å². The highest BCUT2D eigenvalue weighted by molar-refractivity contribution is 5.97. The van der Waals surface area contributed by atoms with E-state index < -0.39 is 0 Å². The van der Waals surface area contributed by atoms with E-state index in [1.165, 1.54) is 12.1 Å². The maximum Gasteiger partial charge on any atom is 0.319 e. The van der Waals surface area contributed by atoms with Gasteiger partial charge >= 0.3 is 6.03 Å². The average Bonchev–Trinajstić information content (AvgIpc) is 2.90. The summed E-state index contributed by atoms with van der Waals surface area (Å²) in [5, 5.41) is 5.59. The molecule has 2 N–H and O–H groups in total. The van der Waals surface area contributed by atoms with Gasteiger partial charge in [0.1, 0.15) is 5.82 Å². The molecule has 1 atom stereocenters. The van der Waals surface area contributed by atoms with Gasteiger partial charge in [0.25, 0.3) is 0 Å². The zero-order valence-electron chi connectivity index (χ0n) is 13.3. The van der Waals surface area contributed by atoms with Crippen LogP contribution in [0.15, 0.2) is 48.5 Å². The summed E-state index contributed by atoms with van der Waals surface area (Å²) in [5.74, 6) is -0.444. The van der Waals surface area contributed by atoms with E-state index in [1.807, 2.05) is 31.2 Å². The number of urea groups is 1. The minimum Gasteiger partial charge on any atom is -0.333 e. The first kappa shape index (κ1) is 16.0. The summed E-state index contributed by atoms with van der Waals surface area (Å²) in [6.45, 7) is 2.27. The number of halogens is 1. The molecule has 0 spiro atoms. The third-order valence-electron chi connectivity index (χ3n) is 3.99. The van der Waals surface area contributed by atoms with Crippen LogP contribution in [0.5, 0.6) is 0 Å². The van der Waals surface area contributed by atoms with Crippen molar-refractivity contribution in [2.45, 2.75) is 19.4 Å². The van der Waals surface area contributed by atoms with Crippen molar-refractivity contribution in [1.29, 1.82) is 0 Å². The summed E-state index contributed by atoms with van der Waals surface area (Å²) in [6, 6.07) is 12.6. The Morgan fingerprint density at radius 3 is 2.58 bits per heavy atom. The van der Waals surface area contributed by atoms with E-state index in [0.29, 0.717) is 12.2 Å². The molecule has 0 saturated carbocycles. The minimum absolute atomic E-state index is 0.0946. The largest absolute Gasteiger partial charge is 0.333 e. The van der Waals surface area contributed by atoms with Crippen molar-refractivity contribution >= 4 is 23.3 Å². The van der Waals surface area contributed by atoms with E-state index in [4.69, 9.17) is 0 Å². The number of anilines is 2. The minimum atomic E-state index is -0.349. The number of aryl methyl sites for hydroxylation is 1. The van der Waals surface area contributed by atoms with Gasteiger partial charge in [0.15, 0.2) is 0 Å². The van der Waals surface area contributed by atoms with Crippen LogP contribution in [0, 0.1) is 12.7 Å². The van der Waals surface area contributed by atoms with E-state index in [2.05, 4.69) is 10.6 Å². The molecule has 124 valence electrons. The van der Waals surface area contributed by atoms with Gasteiger partial charge in [0.05, 0.1) is 6.04 Å². The lowest BCUT2D eigenvalue weighted by Gasteiger charge is -2.17. The van der Waals surface area contributed by atoms with Crippen molar-refractivity contribution in [1.82, 2.24) is 5.32 Å². The first-order valence-corrected chi connectivity index (χ1v) is 7.72. The van der Waals surface area contributed by atoms with Crippen LogP contribution in [0.25, 0.3) is 0 Å². The third kappa shape index (κ3) is 3.53. The number of hydrogen-bond acceptors (Lipinski definition) is 2. The summed E-state index contributed by atoms with van der Waals surface area (Å²) in [7, 11) is 0. The molecule has 6 heteroatoms. The monoisotopic (exact) mass is 327 g/mol. The Morgan fingerprint density at radius 1 is 1.17 bits per heavy atom. The second-order valence-electron chi connectivity index (χ2n) is 5.80. The number of benzene rings is 2. The summed E-state index contributed by atoms with van der Waals surface area (Å²) >= 11 is 0. The number of carbonyl (C=O) groups excluding carboxylic acids is 2. The molecular weight excluding hydrogens is 309 g/mol. The molecule has 5 nitrogen and oxygen atoms in total. The topological polar surface area (TPSA) is 61.4 Å². The first-order valence-electron chi connectivity index (χ1n) is 7.72. The molecule has 1 aliphatic rings. The van der Waals surface area contributed by atoms with Crippen LogP contribution in [-0.4, -0.2) is 24.5 Å². The quantitative estimate of drug-likeness (QED) is 0.910. The number of para-hydroxylation sites is 1. The molecule has 1 heterocycles. The second kappa shape index (κ2) is 6.70. The highest BCUT2D eigenvalue weighted by atomic mass is 19.1. The summed E-state index contributed by atoms with van der Waals surface area (Å²) in [4.78, 5) is 25.8.